The molecule has 1 aliphatic rings. The van der Waals surface area contributed by atoms with Crippen LogP contribution in [0.25, 0.3) is 10.8 Å². The van der Waals surface area contributed by atoms with Crippen LogP contribution < -0.4 is 10.6 Å². The summed E-state index contributed by atoms with van der Waals surface area (Å²) in [4.78, 5) is 39.8. The van der Waals surface area contributed by atoms with Gasteiger partial charge in [0.2, 0.25) is 5.91 Å². The average Bonchev–Trinajstić information content (AvgIpc) is 2.89. The number of carbonyl (C=O) groups is 3. The van der Waals surface area contributed by atoms with Crippen LogP contribution in [0.1, 0.15) is 39.1 Å². The van der Waals surface area contributed by atoms with Crippen LogP contribution in [-0.2, 0) is 11.0 Å². The standard InChI is InChI=1S/C27H26F3N3O3/c28-27(29,30)21-12-10-19(11-13-21)24(34)31-14-15-32-25(35)20-7-4-16-33(17-20)26(36)23-9-3-6-18-5-1-2-8-22(18)23/h1-3,5-6,8-13,20H,4,7,14-17H2,(H,31,34)(H,32,35). The van der Waals surface area contributed by atoms with Crippen molar-refractivity contribution in [2.24, 2.45) is 5.92 Å². The third-order valence-corrected chi connectivity index (χ3v) is 6.28. The number of hydrogen-bond acceptors (Lipinski definition) is 3. The Morgan fingerprint density at radius 3 is 2.33 bits per heavy atom. The zero-order valence-electron chi connectivity index (χ0n) is 19.5. The maximum absolute atomic E-state index is 13.2. The number of nitrogens with one attached hydrogen (secondary N) is 2. The molecule has 3 aromatic carbocycles. The molecular weight excluding hydrogens is 471 g/mol. The molecule has 0 saturated carbocycles. The fraction of sp³-hybridized carbons (Fsp3) is 0.296. The van der Waals surface area contributed by atoms with Gasteiger partial charge in [0, 0.05) is 37.3 Å². The predicted octanol–water partition coefficient (Wildman–Crippen LogP) is 4.26. The van der Waals surface area contributed by atoms with E-state index >= 15 is 0 Å². The molecule has 0 bridgehead atoms. The largest absolute Gasteiger partial charge is 0.416 e. The summed E-state index contributed by atoms with van der Waals surface area (Å²) in [7, 11) is 0. The van der Waals surface area contributed by atoms with Crippen LogP contribution in [-0.4, -0.2) is 48.8 Å². The SMILES string of the molecule is O=C(NCCNC(=O)C1CCCN(C(=O)c2cccc3ccccc23)C1)c1ccc(C(F)(F)F)cc1. The van der Waals surface area contributed by atoms with E-state index in [0.717, 1.165) is 35.0 Å². The monoisotopic (exact) mass is 497 g/mol. The van der Waals surface area contributed by atoms with Gasteiger partial charge < -0.3 is 15.5 Å². The minimum absolute atomic E-state index is 0.101. The first-order valence-corrected chi connectivity index (χ1v) is 11.7. The summed E-state index contributed by atoms with van der Waals surface area (Å²) in [6.45, 7) is 1.18. The highest BCUT2D eigenvalue weighted by molar-refractivity contribution is 6.07. The zero-order chi connectivity index (χ0) is 25.7. The van der Waals surface area contributed by atoms with Gasteiger partial charge in [0.25, 0.3) is 11.8 Å². The van der Waals surface area contributed by atoms with Crippen LogP contribution >= 0.6 is 0 Å². The quantitative estimate of drug-likeness (QED) is 0.500. The third-order valence-electron chi connectivity index (χ3n) is 6.28. The molecule has 0 radical (unpaired) electrons. The van der Waals surface area contributed by atoms with Gasteiger partial charge in [0.05, 0.1) is 11.5 Å². The van der Waals surface area contributed by atoms with Crippen LogP contribution in [0.3, 0.4) is 0 Å². The normalized spacial score (nSPS) is 16.0. The van der Waals surface area contributed by atoms with Gasteiger partial charge in [-0.05, 0) is 53.9 Å². The molecule has 188 valence electrons. The van der Waals surface area contributed by atoms with Crippen molar-refractivity contribution in [2.45, 2.75) is 19.0 Å². The second kappa shape index (κ2) is 10.8. The molecule has 2 N–H and O–H groups in total. The van der Waals surface area contributed by atoms with E-state index in [9.17, 15) is 27.6 Å². The van der Waals surface area contributed by atoms with Crippen LogP contribution in [0.15, 0.2) is 66.7 Å². The number of fused-ring (bicyclic) bond motifs is 1. The molecule has 1 aliphatic heterocycles. The zero-order valence-corrected chi connectivity index (χ0v) is 19.5. The van der Waals surface area contributed by atoms with Gasteiger partial charge in [0.1, 0.15) is 0 Å². The molecule has 6 nitrogen and oxygen atoms in total. The van der Waals surface area contributed by atoms with E-state index in [-0.39, 0.29) is 36.4 Å². The third kappa shape index (κ3) is 5.84. The first-order valence-electron chi connectivity index (χ1n) is 11.7. The number of piperidine rings is 1. The highest BCUT2D eigenvalue weighted by Gasteiger charge is 2.31. The summed E-state index contributed by atoms with van der Waals surface area (Å²) in [6.07, 6.45) is -3.10. The van der Waals surface area contributed by atoms with Crippen molar-refractivity contribution < 1.29 is 27.6 Å². The van der Waals surface area contributed by atoms with Gasteiger partial charge in [-0.3, -0.25) is 14.4 Å². The molecule has 1 saturated heterocycles. The molecule has 1 heterocycles. The van der Waals surface area contributed by atoms with Crippen LogP contribution in [0.5, 0.6) is 0 Å². The van der Waals surface area contributed by atoms with Crippen molar-refractivity contribution >= 4 is 28.5 Å². The number of benzene rings is 3. The Balaban J connectivity index is 1.26. The number of halogens is 3. The topological polar surface area (TPSA) is 78.5 Å². The molecular formula is C27H26F3N3O3. The van der Waals surface area contributed by atoms with Crippen LogP contribution in [0.2, 0.25) is 0 Å². The Kier molecular flexibility index (Phi) is 7.57. The summed E-state index contributed by atoms with van der Waals surface area (Å²) >= 11 is 0. The number of carbonyl (C=O) groups excluding carboxylic acids is 3. The molecule has 0 aliphatic carbocycles. The Morgan fingerprint density at radius 1 is 0.889 bits per heavy atom. The number of alkyl halides is 3. The van der Waals surface area contributed by atoms with Crippen molar-refractivity contribution in [3.05, 3.63) is 83.4 Å². The number of amides is 3. The van der Waals surface area contributed by atoms with Crippen molar-refractivity contribution in [2.75, 3.05) is 26.2 Å². The number of hydrogen-bond donors (Lipinski definition) is 2. The molecule has 3 aromatic rings. The number of nitrogens with zero attached hydrogens (tertiary/aromatic N) is 1. The maximum Gasteiger partial charge on any atom is 0.416 e. The maximum atomic E-state index is 13.2. The van der Waals surface area contributed by atoms with Gasteiger partial charge in [-0.2, -0.15) is 13.2 Å². The molecule has 0 aromatic heterocycles. The molecule has 36 heavy (non-hydrogen) atoms. The average molecular weight is 498 g/mol. The molecule has 1 fully saturated rings. The summed E-state index contributed by atoms with van der Waals surface area (Å²) < 4.78 is 38.0. The highest BCUT2D eigenvalue weighted by atomic mass is 19.4. The number of likely N-dealkylation sites (tertiary alicyclic amines) is 1. The Bertz CT molecular complexity index is 1250. The van der Waals surface area contributed by atoms with Crippen molar-refractivity contribution in [1.82, 2.24) is 15.5 Å². The molecule has 3 amide bonds. The smallest absolute Gasteiger partial charge is 0.354 e. The molecule has 4 rings (SSSR count). The summed E-state index contributed by atoms with van der Waals surface area (Å²) in [6, 6.07) is 17.2. The Labute approximate surface area is 206 Å². The second-order valence-corrected chi connectivity index (χ2v) is 8.74. The van der Waals surface area contributed by atoms with Gasteiger partial charge in [-0.15, -0.1) is 0 Å². The van der Waals surface area contributed by atoms with E-state index in [1.807, 2.05) is 36.4 Å². The minimum atomic E-state index is -4.46. The van der Waals surface area contributed by atoms with E-state index < -0.39 is 17.6 Å². The Morgan fingerprint density at radius 2 is 1.58 bits per heavy atom. The molecule has 1 unspecified atom stereocenters. The van der Waals surface area contributed by atoms with E-state index in [0.29, 0.717) is 31.5 Å². The van der Waals surface area contributed by atoms with Gasteiger partial charge in [-0.25, -0.2) is 0 Å². The fourth-order valence-corrected chi connectivity index (χ4v) is 4.38. The minimum Gasteiger partial charge on any atom is -0.354 e. The Hall–Kier alpha value is -3.88. The molecule has 0 spiro atoms. The van der Waals surface area contributed by atoms with E-state index in [4.69, 9.17) is 0 Å². The van der Waals surface area contributed by atoms with Crippen LogP contribution in [0, 0.1) is 5.92 Å². The van der Waals surface area contributed by atoms with Crippen LogP contribution in [0.4, 0.5) is 13.2 Å². The first-order chi connectivity index (χ1) is 17.2. The lowest BCUT2D eigenvalue weighted by Crippen LogP contribution is -2.46. The lowest BCUT2D eigenvalue weighted by atomic mass is 9.95. The summed E-state index contributed by atoms with van der Waals surface area (Å²) in [5.74, 6) is -1.19. The first kappa shape index (κ1) is 25.2. The summed E-state index contributed by atoms with van der Waals surface area (Å²) in [5, 5.41) is 7.21. The van der Waals surface area contributed by atoms with E-state index in [1.165, 1.54) is 0 Å². The van der Waals surface area contributed by atoms with E-state index in [2.05, 4.69) is 10.6 Å². The fourth-order valence-electron chi connectivity index (χ4n) is 4.38. The molecule has 1 atom stereocenters. The van der Waals surface area contributed by atoms with Gasteiger partial charge in [-0.1, -0.05) is 36.4 Å². The van der Waals surface area contributed by atoms with Gasteiger partial charge >= 0.3 is 6.18 Å². The summed E-state index contributed by atoms with van der Waals surface area (Å²) in [5.41, 5.74) is -0.115. The predicted molar refractivity (Wildman–Crippen MR) is 129 cm³/mol. The van der Waals surface area contributed by atoms with Crippen molar-refractivity contribution in [3.8, 4) is 0 Å². The van der Waals surface area contributed by atoms with Crippen molar-refractivity contribution in [3.63, 3.8) is 0 Å². The second-order valence-electron chi connectivity index (χ2n) is 8.74. The molecule has 9 heteroatoms. The lowest BCUT2D eigenvalue weighted by molar-refractivity contribution is -0.137. The lowest BCUT2D eigenvalue weighted by Gasteiger charge is -2.32. The van der Waals surface area contributed by atoms with Crippen molar-refractivity contribution in [1.29, 1.82) is 0 Å². The number of rotatable bonds is 6. The van der Waals surface area contributed by atoms with E-state index in [1.54, 1.807) is 11.0 Å². The van der Waals surface area contributed by atoms with Gasteiger partial charge in [0.15, 0.2) is 0 Å². The highest BCUT2D eigenvalue weighted by Crippen LogP contribution is 2.29.